The Morgan fingerprint density at radius 2 is 2.11 bits per heavy atom. The molecule has 0 aromatic carbocycles. The van der Waals surface area contributed by atoms with Gasteiger partial charge in [-0.2, -0.15) is 0 Å². The summed E-state index contributed by atoms with van der Waals surface area (Å²) in [5.74, 6) is 0.117. The maximum atomic E-state index is 11.4. The maximum Gasteiger partial charge on any atom is 0.221 e. The summed E-state index contributed by atoms with van der Waals surface area (Å²) in [6, 6.07) is 2.55. The number of amides is 1. The second-order valence-electron chi connectivity index (χ2n) is 4.40. The number of carbonyl (C=O) groups is 1. The highest BCUT2D eigenvalue weighted by Gasteiger charge is 2.09. The minimum absolute atomic E-state index is 0.117. The number of rotatable bonds is 8. The first-order chi connectivity index (χ1) is 8.71. The Labute approximate surface area is 110 Å². The number of aryl methyl sites for hydroxylation is 1. The van der Waals surface area contributed by atoms with Crippen molar-refractivity contribution in [1.29, 1.82) is 0 Å². The molecule has 1 rings (SSSR count). The highest BCUT2D eigenvalue weighted by atomic mass is 16.1. The van der Waals surface area contributed by atoms with E-state index in [1.165, 1.54) is 5.56 Å². The largest absolute Gasteiger partial charge is 0.356 e. The van der Waals surface area contributed by atoms with Crippen LogP contribution in [0.15, 0.2) is 18.5 Å². The van der Waals surface area contributed by atoms with Crippen molar-refractivity contribution in [3.8, 4) is 0 Å². The Hall–Kier alpha value is -1.29. The lowest BCUT2D eigenvalue weighted by molar-refractivity contribution is -0.121. The summed E-state index contributed by atoms with van der Waals surface area (Å²) in [5.41, 5.74) is 1.30. The molecule has 0 radical (unpaired) electrons. The summed E-state index contributed by atoms with van der Waals surface area (Å²) in [6.07, 6.45) is 5.80. The lowest BCUT2D eigenvalue weighted by Gasteiger charge is -2.13. The van der Waals surface area contributed by atoms with Gasteiger partial charge in [-0.3, -0.25) is 4.79 Å². The fourth-order valence-corrected chi connectivity index (χ4v) is 2.07. The molecule has 0 bridgehead atoms. The van der Waals surface area contributed by atoms with E-state index >= 15 is 0 Å². The zero-order chi connectivity index (χ0) is 13.4. The van der Waals surface area contributed by atoms with Crippen molar-refractivity contribution in [2.45, 2.75) is 46.2 Å². The minimum Gasteiger partial charge on any atom is -0.356 e. The van der Waals surface area contributed by atoms with E-state index in [0.717, 1.165) is 19.5 Å². The van der Waals surface area contributed by atoms with Gasteiger partial charge in [0.1, 0.15) is 0 Å². The SMILES string of the molecule is CCNC(=O)CCn1ccc(C(CC)NCC)c1. The zero-order valence-electron chi connectivity index (χ0n) is 11.7. The van der Waals surface area contributed by atoms with Crippen molar-refractivity contribution in [2.24, 2.45) is 0 Å². The van der Waals surface area contributed by atoms with Gasteiger partial charge in [-0.1, -0.05) is 13.8 Å². The molecule has 0 saturated carbocycles. The Morgan fingerprint density at radius 3 is 2.72 bits per heavy atom. The van der Waals surface area contributed by atoms with E-state index < -0.39 is 0 Å². The molecule has 0 aliphatic heterocycles. The Balaban J connectivity index is 2.49. The quantitative estimate of drug-likeness (QED) is 0.743. The van der Waals surface area contributed by atoms with Crippen LogP contribution >= 0.6 is 0 Å². The van der Waals surface area contributed by atoms with Crippen LogP contribution in [0.4, 0.5) is 0 Å². The topological polar surface area (TPSA) is 46.1 Å². The molecule has 1 aromatic rings. The number of aromatic nitrogens is 1. The van der Waals surface area contributed by atoms with E-state index in [0.29, 0.717) is 19.0 Å². The first-order valence-electron chi connectivity index (χ1n) is 6.87. The van der Waals surface area contributed by atoms with E-state index in [-0.39, 0.29) is 5.91 Å². The molecule has 0 aliphatic carbocycles. The van der Waals surface area contributed by atoms with Crippen molar-refractivity contribution >= 4 is 5.91 Å². The molecule has 1 heterocycles. The van der Waals surface area contributed by atoms with Gasteiger partial charge in [0.2, 0.25) is 5.91 Å². The van der Waals surface area contributed by atoms with E-state index in [9.17, 15) is 4.79 Å². The van der Waals surface area contributed by atoms with Crippen LogP contribution in [-0.4, -0.2) is 23.6 Å². The zero-order valence-corrected chi connectivity index (χ0v) is 11.7. The Kier molecular flexibility index (Phi) is 6.50. The van der Waals surface area contributed by atoms with Crippen molar-refractivity contribution < 1.29 is 4.79 Å². The Morgan fingerprint density at radius 1 is 1.33 bits per heavy atom. The van der Waals surface area contributed by atoms with Gasteiger partial charge in [-0.05, 0) is 31.5 Å². The first kappa shape index (κ1) is 14.8. The average Bonchev–Trinajstić information content (AvgIpc) is 2.82. The maximum absolute atomic E-state index is 11.4. The number of nitrogens with one attached hydrogen (secondary N) is 2. The lowest BCUT2D eigenvalue weighted by atomic mass is 10.1. The number of hydrogen-bond donors (Lipinski definition) is 2. The monoisotopic (exact) mass is 251 g/mol. The second-order valence-corrected chi connectivity index (χ2v) is 4.40. The van der Waals surface area contributed by atoms with Crippen molar-refractivity contribution in [3.05, 3.63) is 24.0 Å². The van der Waals surface area contributed by atoms with E-state index in [1.807, 2.05) is 6.92 Å². The van der Waals surface area contributed by atoms with Gasteiger partial charge in [0, 0.05) is 37.9 Å². The molecule has 1 atom stereocenters. The molecule has 2 N–H and O–H groups in total. The molecular weight excluding hydrogens is 226 g/mol. The lowest BCUT2D eigenvalue weighted by Crippen LogP contribution is -2.23. The van der Waals surface area contributed by atoms with Crippen molar-refractivity contribution in [1.82, 2.24) is 15.2 Å². The second kappa shape index (κ2) is 7.93. The van der Waals surface area contributed by atoms with Crippen LogP contribution in [0.5, 0.6) is 0 Å². The summed E-state index contributed by atoms with van der Waals surface area (Å²) in [7, 11) is 0. The molecule has 0 fully saturated rings. The van der Waals surface area contributed by atoms with Gasteiger partial charge in [0.15, 0.2) is 0 Å². The molecule has 102 valence electrons. The fourth-order valence-electron chi connectivity index (χ4n) is 2.07. The summed E-state index contributed by atoms with van der Waals surface area (Å²) < 4.78 is 2.09. The van der Waals surface area contributed by atoms with Gasteiger partial charge in [0.05, 0.1) is 0 Å². The third-order valence-electron chi connectivity index (χ3n) is 3.01. The van der Waals surface area contributed by atoms with Gasteiger partial charge >= 0.3 is 0 Å². The third kappa shape index (κ3) is 4.53. The Bertz CT molecular complexity index is 360. The molecule has 1 amide bonds. The number of carbonyl (C=O) groups excluding carboxylic acids is 1. The summed E-state index contributed by atoms with van der Waals surface area (Å²) >= 11 is 0. The van der Waals surface area contributed by atoms with Crippen molar-refractivity contribution in [2.75, 3.05) is 13.1 Å². The third-order valence-corrected chi connectivity index (χ3v) is 3.01. The normalized spacial score (nSPS) is 12.4. The van der Waals surface area contributed by atoms with E-state index in [4.69, 9.17) is 0 Å². The summed E-state index contributed by atoms with van der Waals surface area (Å²) in [5, 5.41) is 6.27. The van der Waals surface area contributed by atoms with Crippen LogP contribution in [0.25, 0.3) is 0 Å². The van der Waals surface area contributed by atoms with Crippen LogP contribution in [0.3, 0.4) is 0 Å². The minimum atomic E-state index is 0.117. The standard InChI is InChI=1S/C14H25N3O/c1-4-13(15-5-2)12-7-9-17(11-12)10-8-14(18)16-6-3/h7,9,11,13,15H,4-6,8,10H2,1-3H3,(H,16,18). The smallest absolute Gasteiger partial charge is 0.221 e. The van der Waals surface area contributed by atoms with Crippen LogP contribution in [0, 0.1) is 0 Å². The van der Waals surface area contributed by atoms with Gasteiger partial charge in [-0.15, -0.1) is 0 Å². The van der Waals surface area contributed by atoms with E-state index in [1.54, 1.807) is 0 Å². The predicted octanol–water partition coefficient (Wildman–Crippen LogP) is 2.07. The number of hydrogen-bond acceptors (Lipinski definition) is 2. The molecule has 0 spiro atoms. The van der Waals surface area contributed by atoms with Gasteiger partial charge in [0.25, 0.3) is 0 Å². The van der Waals surface area contributed by atoms with Crippen LogP contribution in [-0.2, 0) is 11.3 Å². The number of nitrogens with zero attached hydrogens (tertiary/aromatic N) is 1. The fraction of sp³-hybridized carbons (Fsp3) is 0.643. The summed E-state index contributed by atoms with van der Waals surface area (Å²) in [6.45, 7) is 8.66. The molecule has 4 nitrogen and oxygen atoms in total. The van der Waals surface area contributed by atoms with Crippen LogP contribution in [0.1, 0.15) is 45.2 Å². The highest BCUT2D eigenvalue weighted by molar-refractivity contribution is 5.75. The predicted molar refractivity (Wildman–Crippen MR) is 74.4 cm³/mol. The summed E-state index contributed by atoms with van der Waals surface area (Å²) in [4.78, 5) is 11.4. The van der Waals surface area contributed by atoms with Crippen molar-refractivity contribution in [3.63, 3.8) is 0 Å². The average molecular weight is 251 g/mol. The van der Waals surface area contributed by atoms with Gasteiger partial charge in [-0.25, -0.2) is 0 Å². The van der Waals surface area contributed by atoms with E-state index in [2.05, 4.69) is 47.5 Å². The van der Waals surface area contributed by atoms with Crippen LogP contribution in [0.2, 0.25) is 0 Å². The molecule has 1 unspecified atom stereocenters. The first-order valence-corrected chi connectivity index (χ1v) is 6.87. The molecule has 1 aromatic heterocycles. The van der Waals surface area contributed by atoms with Gasteiger partial charge < -0.3 is 15.2 Å². The molecule has 0 aliphatic rings. The molecule has 0 saturated heterocycles. The molecule has 4 heteroatoms. The molecular formula is C14H25N3O. The van der Waals surface area contributed by atoms with Crippen LogP contribution < -0.4 is 10.6 Å². The highest BCUT2D eigenvalue weighted by Crippen LogP contribution is 2.16. The molecule has 18 heavy (non-hydrogen) atoms.